The summed E-state index contributed by atoms with van der Waals surface area (Å²) in [5.74, 6) is 1.36. The zero-order valence-electron chi connectivity index (χ0n) is 18.2. The Balaban J connectivity index is 1.64. The Morgan fingerprint density at radius 3 is 2.27 bits per heavy atom. The summed E-state index contributed by atoms with van der Waals surface area (Å²) in [4.78, 5) is 15.2. The van der Waals surface area contributed by atoms with Crippen LogP contribution in [0.15, 0.2) is 36.4 Å². The van der Waals surface area contributed by atoms with Crippen molar-refractivity contribution in [2.24, 2.45) is 0 Å². The number of hydrogen-bond acceptors (Lipinski definition) is 4. The maximum absolute atomic E-state index is 12.7. The number of amides is 1. The van der Waals surface area contributed by atoms with Crippen molar-refractivity contribution >= 4 is 17.5 Å². The van der Waals surface area contributed by atoms with E-state index >= 15 is 0 Å². The Morgan fingerprint density at radius 1 is 1.10 bits per heavy atom. The predicted molar refractivity (Wildman–Crippen MR) is 121 cm³/mol. The highest BCUT2D eigenvalue weighted by molar-refractivity contribution is 6.32. The number of nitrogens with zero attached hydrogens (tertiary/aromatic N) is 1. The smallest absolute Gasteiger partial charge is 0.260 e. The minimum absolute atomic E-state index is 0.127. The second kappa shape index (κ2) is 10.2. The standard InChI is InChI=1S/C24H31ClN2O3/c1-16-13-21(14-17(2)23(16)25)30-18(3)24(28)26-15-22(27-11-5-6-12-27)19-7-9-20(29-4)10-8-19/h7-10,13-14,18,22H,5-6,11-12,15H2,1-4H3,(H,26,28)/t18-,22-/m1/s1. The molecule has 2 aromatic rings. The second-order valence-corrected chi connectivity index (χ2v) is 8.29. The van der Waals surface area contributed by atoms with Crippen molar-refractivity contribution in [1.29, 1.82) is 0 Å². The second-order valence-electron chi connectivity index (χ2n) is 7.91. The first-order valence-corrected chi connectivity index (χ1v) is 10.9. The van der Waals surface area contributed by atoms with Crippen molar-refractivity contribution in [3.63, 3.8) is 0 Å². The zero-order valence-corrected chi connectivity index (χ0v) is 19.0. The van der Waals surface area contributed by atoms with Crippen LogP contribution in [0.3, 0.4) is 0 Å². The van der Waals surface area contributed by atoms with Gasteiger partial charge in [0.2, 0.25) is 0 Å². The number of ether oxygens (including phenoxy) is 2. The van der Waals surface area contributed by atoms with Gasteiger partial charge in [0, 0.05) is 11.6 Å². The normalized spacial score (nSPS) is 16.2. The van der Waals surface area contributed by atoms with Gasteiger partial charge in [-0.2, -0.15) is 0 Å². The fraction of sp³-hybridized carbons (Fsp3) is 0.458. The minimum atomic E-state index is -0.597. The van der Waals surface area contributed by atoms with Crippen molar-refractivity contribution in [2.45, 2.75) is 45.8 Å². The van der Waals surface area contributed by atoms with Crippen LogP contribution in [0.1, 0.15) is 42.5 Å². The number of nitrogens with one attached hydrogen (secondary N) is 1. The first-order chi connectivity index (χ1) is 14.4. The summed E-state index contributed by atoms with van der Waals surface area (Å²) in [6.45, 7) is 8.26. The Bertz CT molecular complexity index is 840. The van der Waals surface area contributed by atoms with Gasteiger partial charge in [-0.1, -0.05) is 23.7 Å². The van der Waals surface area contributed by atoms with Gasteiger partial charge < -0.3 is 14.8 Å². The number of carbonyl (C=O) groups excluding carboxylic acids is 1. The fourth-order valence-electron chi connectivity index (χ4n) is 3.91. The molecule has 2 atom stereocenters. The van der Waals surface area contributed by atoms with E-state index in [1.54, 1.807) is 14.0 Å². The van der Waals surface area contributed by atoms with Crippen molar-refractivity contribution in [1.82, 2.24) is 10.2 Å². The van der Waals surface area contributed by atoms with Gasteiger partial charge in [-0.05, 0) is 87.7 Å². The van der Waals surface area contributed by atoms with Gasteiger partial charge in [0.05, 0.1) is 13.2 Å². The van der Waals surface area contributed by atoms with E-state index in [4.69, 9.17) is 21.1 Å². The Morgan fingerprint density at radius 2 is 1.70 bits per heavy atom. The summed E-state index contributed by atoms with van der Waals surface area (Å²) in [7, 11) is 1.66. The highest BCUT2D eigenvalue weighted by Crippen LogP contribution is 2.28. The number of likely N-dealkylation sites (tertiary alicyclic amines) is 1. The van der Waals surface area contributed by atoms with Crippen LogP contribution in [-0.4, -0.2) is 43.7 Å². The summed E-state index contributed by atoms with van der Waals surface area (Å²) in [6.07, 6.45) is 1.78. The third-order valence-corrected chi connectivity index (χ3v) is 6.24. The number of aryl methyl sites for hydroxylation is 2. The van der Waals surface area contributed by atoms with Crippen LogP contribution in [-0.2, 0) is 4.79 Å². The number of carbonyl (C=O) groups is 1. The zero-order chi connectivity index (χ0) is 21.7. The number of rotatable bonds is 8. The van der Waals surface area contributed by atoms with E-state index < -0.39 is 6.10 Å². The molecule has 1 fully saturated rings. The molecule has 0 radical (unpaired) electrons. The summed E-state index contributed by atoms with van der Waals surface area (Å²) in [5.41, 5.74) is 3.05. The molecule has 30 heavy (non-hydrogen) atoms. The molecular weight excluding hydrogens is 400 g/mol. The molecule has 1 saturated heterocycles. The van der Waals surface area contributed by atoms with E-state index in [9.17, 15) is 4.79 Å². The van der Waals surface area contributed by atoms with Gasteiger partial charge in [-0.3, -0.25) is 9.69 Å². The molecule has 2 aromatic carbocycles. The number of methoxy groups -OCH3 is 1. The van der Waals surface area contributed by atoms with E-state index in [0.29, 0.717) is 12.3 Å². The fourth-order valence-corrected chi connectivity index (χ4v) is 4.02. The quantitative estimate of drug-likeness (QED) is 0.660. The van der Waals surface area contributed by atoms with Crippen LogP contribution in [0.4, 0.5) is 0 Å². The Hall–Kier alpha value is -2.24. The number of hydrogen-bond donors (Lipinski definition) is 1. The average Bonchev–Trinajstić information content (AvgIpc) is 3.27. The lowest BCUT2D eigenvalue weighted by Gasteiger charge is -2.29. The monoisotopic (exact) mass is 430 g/mol. The van der Waals surface area contributed by atoms with Gasteiger partial charge >= 0.3 is 0 Å². The third kappa shape index (κ3) is 5.46. The molecule has 5 nitrogen and oxygen atoms in total. The van der Waals surface area contributed by atoms with E-state index in [-0.39, 0.29) is 11.9 Å². The molecule has 162 valence electrons. The highest BCUT2D eigenvalue weighted by atomic mass is 35.5. The molecule has 1 amide bonds. The maximum Gasteiger partial charge on any atom is 0.260 e. The van der Waals surface area contributed by atoms with Crippen LogP contribution in [0.25, 0.3) is 0 Å². The molecule has 6 heteroatoms. The van der Waals surface area contributed by atoms with Gasteiger partial charge in [0.1, 0.15) is 11.5 Å². The van der Waals surface area contributed by atoms with E-state index in [2.05, 4.69) is 22.3 Å². The lowest BCUT2D eigenvalue weighted by atomic mass is 10.1. The molecule has 0 aliphatic carbocycles. The van der Waals surface area contributed by atoms with Gasteiger partial charge in [-0.15, -0.1) is 0 Å². The maximum atomic E-state index is 12.7. The topological polar surface area (TPSA) is 50.8 Å². The molecule has 0 saturated carbocycles. The average molecular weight is 431 g/mol. The van der Waals surface area contributed by atoms with E-state index in [1.807, 2.05) is 38.1 Å². The summed E-state index contributed by atoms with van der Waals surface area (Å²) >= 11 is 6.23. The third-order valence-electron chi connectivity index (χ3n) is 5.64. The molecule has 1 heterocycles. The first kappa shape index (κ1) is 22.4. The van der Waals surface area contributed by atoms with Crippen LogP contribution in [0.5, 0.6) is 11.5 Å². The van der Waals surface area contributed by atoms with E-state index in [1.165, 1.54) is 18.4 Å². The Labute approximate surface area is 184 Å². The SMILES string of the molecule is COc1ccc([C@@H](CNC(=O)[C@@H](C)Oc2cc(C)c(Cl)c(C)c2)N2CCCC2)cc1. The molecule has 0 spiro atoms. The molecule has 0 unspecified atom stereocenters. The molecular formula is C24H31ClN2O3. The Kier molecular flexibility index (Phi) is 7.62. The summed E-state index contributed by atoms with van der Waals surface area (Å²) < 4.78 is 11.2. The number of halogens is 1. The minimum Gasteiger partial charge on any atom is -0.497 e. The lowest BCUT2D eigenvalue weighted by Crippen LogP contribution is -2.42. The molecule has 1 aliphatic heterocycles. The largest absolute Gasteiger partial charge is 0.497 e. The molecule has 1 N–H and O–H groups in total. The van der Waals surface area contributed by atoms with Crippen LogP contribution in [0.2, 0.25) is 5.02 Å². The van der Waals surface area contributed by atoms with Gasteiger partial charge in [0.15, 0.2) is 6.10 Å². The number of benzene rings is 2. The first-order valence-electron chi connectivity index (χ1n) is 10.5. The molecule has 0 bridgehead atoms. The predicted octanol–water partition coefficient (Wildman–Crippen LogP) is 4.69. The molecule has 3 rings (SSSR count). The lowest BCUT2D eigenvalue weighted by molar-refractivity contribution is -0.127. The van der Waals surface area contributed by atoms with Gasteiger partial charge in [-0.25, -0.2) is 0 Å². The van der Waals surface area contributed by atoms with Crippen LogP contribution < -0.4 is 14.8 Å². The summed E-state index contributed by atoms with van der Waals surface area (Å²) in [6, 6.07) is 12.0. The van der Waals surface area contributed by atoms with Crippen molar-refractivity contribution in [3.05, 3.63) is 58.1 Å². The summed E-state index contributed by atoms with van der Waals surface area (Å²) in [5, 5.41) is 3.81. The van der Waals surface area contributed by atoms with Crippen molar-refractivity contribution < 1.29 is 14.3 Å². The highest BCUT2D eigenvalue weighted by Gasteiger charge is 2.25. The molecule has 0 aromatic heterocycles. The van der Waals surface area contributed by atoms with Crippen molar-refractivity contribution in [2.75, 3.05) is 26.7 Å². The van der Waals surface area contributed by atoms with Gasteiger partial charge in [0.25, 0.3) is 5.91 Å². The van der Waals surface area contributed by atoms with Crippen LogP contribution >= 0.6 is 11.6 Å². The molecule has 1 aliphatic rings. The van der Waals surface area contributed by atoms with E-state index in [0.717, 1.165) is 35.0 Å². The van der Waals surface area contributed by atoms with Crippen LogP contribution in [0, 0.1) is 13.8 Å². The van der Waals surface area contributed by atoms with Crippen molar-refractivity contribution in [3.8, 4) is 11.5 Å².